The van der Waals surface area contributed by atoms with Gasteiger partial charge in [0.1, 0.15) is 0 Å². The maximum Gasteiger partial charge on any atom is 0.305 e. The summed E-state index contributed by atoms with van der Waals surface area (Å²) in [6.07, 6.45) is 18.3. The van der Waals surface area contributed by atoms with Crippen molar-refractivity contribution in [3.05, 3.63) is 24.3 Å². The van der Waals surface area contributed by atoms with E-state index in [9.17, 15) is 13.2 Å². The van der Waals surface area contributed by atoms with Crippen LogP contribution in [0.25, 0.3) is 0 Å². The first-order valence-corrected chi connectivity index (χ1v) is 25.2. The zero-order valence-corrected chi connectivity index (χ0v) is 34.3. The third-order valence-corrected chi connectivity index (χ3v) is 21.2. The van der Waals surface area contributed by atoms with Crippen molar-refractivity contribution >= 4 is 32.7 Å². The molecule has 2 rings (SSSR count). The minimum atomic E-state index is -3.66. The summed E-state index contributed by atoms with van der Waals surface area (Å²) in [5.41, 5.74) is 0.223. The predicted octanol–water partition coefficient (Wildman–Crippen LogP) is 9.56. The lowest BCUT2D eigenvalue weighted by atomic mass is 9.63. The second-order valence-corrected chi connectivity index (χ2v) is 28.1. The third kappa shape index (κ3) is 11.4. The Labute approximate surface area is 285 Å². The van der Waals surface area contributed by atoms with Gasteiger partial charge in [0, 0.05) is 18.8 Å². The Kier molecular flexibility index (Phi) is 14.6. The van der Waals surface area contributed by atoms with Gasteiger partial charge in [0.15, 0.2) is 16.6 Å². The van der Waals surface area contributed by atoms with Crippen molar-refractivity contribution < 1.29 is 31.0 Å². The number of esters is 1. The molecule has 0 aromatic heterocycles. The normalized spacial score (nSPS) is 25.2. The first-order chi connectivity index (χ1) is 21.0. The summed E-state index contributed by atoms with van der Waals surface area (Å²) >= 11 is 0. The zero-order chi connectivity index (χ0) is 35.2. The molecule has 0 aromatic carbocycles. The van der Waals surface area contributed by atoms with Gasteiger partial charge in [-0.25, -0.2) is 0 Å². The molecule has 0 aromatic rings. The molecule has 0 amide bonds. The standard InChI is InChI=1S/C36H68O7SSi2/c1-14-36(25-20-26-36)32(43-46(12,13)35(5,6)7)23-19-22-29-28(21-17-15-16-18-24-33(37)40-8)30(41-44(9,38)39)27-31(29)42-45(10,11)34(2,3)4/h15,17,19,22,28-32H,14,16,18,20-21,23-27H2,1-13H3/b17-15-,22-19+/t28-,29-,30+,31+,32?/m1/s1. The van der Waals surface area contributed by atoms with Gasteiger partial charge in [0.25, 0.3) is 10.1 Å². The molecule has 10 heteroatoms. The molecular formula is C36H68O7SSi2. The first kappa shape index (κ1) is 41.4. The summed E-state index contributed by atoms with van der Waals surface area (Å²) < 4.78 is 49.7. The van der Waals surface area contributed by atoms with Crippen LogP contribution >= 0.6 is 0 Å². The van der Waals surface area contributed by atoms with E-state index in [1.54, 1.807) is 0 Å². The molecule has 46 heavy (non-hydrogen) atoms. The average molecular weight is 701 g/mol. The number of hydrogen-bond donors (Lipinski definition) is 0. The summed E-state index contributed by atoms with van der Waals surface area (Å²) in [4.78, 5) is 11.5. The summed E-state index contributed by atoms with van der Waals surface area (Å²) in [6, 6.07) is 0. The summed E-state index contributed by atoms with van der Waals surface area (Å²) in [5, 5.41) is 0.150. The average Bonchev–Trinajstić information content (AvgIpc) is 3.17. The highest BCUT2D eigenvalue weighted by atomic mass is 32.2. The largest absolute Gasteiger partial charge is 0.469 e. The Morgan fingerprint density at radius 2 is 1.57 bits per heavy atom. The molecule has 2 fully saturated rings. The van der Waals surface area contributed by atoms with Crippen molar-refractivity contribution in [3.8, 4) is 0 Å². The van der Waals surface area contributed by atoms with Crippen molar-refractivity contribution in [1.29, 1.82) is 0 Å². The van der Waals surface area contributed by atoms with E-state index in [1.165, 1.54) is 26.4 Å². The molecule has 2 aliphatic carbocycles. The molecule has 5 atom stereocenters. The quantitative estimate of drug-likeness (QED) is 0.0491. The van der Waals surface area contributed by atoms with Gasteiger partial charge in [-0.1, -0.05) is 79.2 Å². The smallest absolute Gasteiger partial charge is 0.305 e. The predicted molar refractivity (Wildman–Crippen MR) is 195 cm³/mol. The summed E-state index contributed by atoms with van der Waals surface area (Å²) in [6.45, 7) is 25.2. The van der Waals surface area contributed by atoms with Gasteiger partial charge in [0.05, 0.1) is 31.7 Å². The van der Waals surface area contributed by atoms with E-state index in [2.05, 4.69) is 99.0 Å². The minimum Gasteiger partial charge on any atom is -0.469 e. The number of allylic oxidation sites excluding steroid dienone is 2. The van der Waals surface area contributed by atoms with E-state index in [4.69, 9.17) is 17.8 Å². The fourth-order valence-corrected chi connectivity index (χ4v) is 9.81. The highest BCUT2D eigenvalue weighted by Crippen LogP contribution is 2.52. The van der Waals surface area contributed by atoms with E-state index in [0.29, 0.717) is 25.7 Å². The van der Waals surface area contributed by atoms with Crippen LogP contribution in [0, 0.1) is 17.3 Å². The maximum atomic E-state index is 12.5. The second kappa shape index (κ2) is 16.3. The molecule has 7 nitrogen and oxygen atoms in total. The van der Waals surface area contributed by atoms with Crippen molar-refractivity contribution in [2.75, 3.05) is 13.4 Å². The van der Waals surface area contributed by atoms with Gasteiger partial charge in [-0.2, -0.15) is 8.42 Å². The molecule has 268 valence electrons. The molecule has 0 N–H and O–H groups in total. The number of carbonyl (C=O) groups excluding carboxylic acids is 1. The van der Waals surface area contributed by atoms with Crippen molar-refractivity contribution in [1.82, 2.24) is 0 Å². The third-order valence-electron chi connectivity index (χ3n) is 11.7. The van der Waals surface area contributed by atoms with Crippen LogP contribution in [0.4, 0.5) is 0 Å². The van der Waals surface area contributed by atoms with Crippen molar-refractivity contribution in [3.63, 3.8) is 0 Å². The Hall–Kier alpha value is -0.786. The van der Waals surface area contributed by atoms with Crippen molar-refractivity contribution in [2.45, 2.75) is 167 Å². The van der Waals surface area contributed by atoms with Crippen LogP contribution in [0.15, 0.2) is 24.3 Å². The van der Waals surface area contributed by atoms with Crippen LogP contribution in [0.2, 0.25) is 36.3 Å². The molecular weight excluding hydrogens is 633 g/mol. The number of carbonyl (C=O) groups is 1. The van der Waals surface area contributed by atoms with Gasteiger partial charge in [-0.15, -0.1) is 0 Å². The molecule has 0 aliphatic heterocycles. The van der Waals surface area contributed by atoms with E-state index >= 15 is 0 Å². The lowest BCUT2D eigenvalue weighted by molar-refractivity contribution is -0.140. The van der Waals surface area contributed by atoms with Gasteiger partial charge in [0.2, 0.25) is 0 Å². The SMILES string of the molecule is CCC1(C(C/C=C/[C@@H]2[C@@H](C/C=C\CCCC(=O)OC)[C@@H](OS(C)(=O)=O)C[C@@H]2O[Si](C)(C)C(C)(C)C)O[Si](C)(C)C(C)(C)C)CCC1. The lowest BCUT2D eigenvalue weighted by Crippen LogP contribution is -2.51. The molecule has 2 aliphatic rings. The van der Waals surface area contributed by atoms with Crippen LogP contribution in [-0.4, -0.2) is 62.7 Å². The van der Waals surface area contributed by atoms with E-state index in [-0.39, 0.29) is 45.5 Å². The van der Waals surface area contributed by atoms with Gasteiger partial charge in [-0.05, 0) is 92.5 Å². The number of unbranched alkanes of at least 4 members (excludes halogenated alkanes) is 1. The molecule has 0 spiro atoms. The molecule has 0 radical (unpaired) electrons. The molecule has 0 bridgehead atoms. The number of hydrogen-bond acceptors (Lipinski definition) is 7. The summed E-state index contributed by atoms with van der Waals surface area (Å²) in [7, 11) is -6.40. The first-order valence-electron chi connectivity index (χ1n) is 17.6. The molecule has 0 heterocycles. The van der Waals surface area contributed by atoms with E-state index < -0.39 is 32.9 Å². The Morgan fingerprint density at radius 3 is 2.04 bits per heavy atom. The van der Waals surface area contributed by atoms with Crippen LogP contribution in [0.3, 0.4) is 0 Å². The number of methoxy groups -OCH3 is 1. The van der Waals surface area contributed by atoms with E-state index in [0.717, 1.165) is 25.5 Å². The summed E-state index contributed by atoms with van der Waals surface area (Å²) in [5.74, 6) is -0.251. The molecule has 2 saturated carbocycles. The van der Waals surface area contributed by atoms with Crippen molar-refractivity contribution in [2.24, 2.45) is 17.3 Å². The lowest BCUT2D eigenvalue weighted by Gasteiger charge is -2.51. The van der Waals surface area contributed by atoms with Gasteiger partial charge < -0.3 is 13.6 Å². The maximum absolute atomic E-state index is 12.5. The second-order valence-electron chi connectivity index (χ2n) is 17.0. The van der Waals surface area contributed by atoms with Gasteiger partial charge in [-0.3, -0.25) is 8.98 Å². The van der Waals surface area contributed by atoms with Crippen LogP contribution in [-0.2, 0) is 32.7 Å². The topological polar surface area (TPSA) is 88.1 Å². The Balaban J connectivity index is 2.43. The fraction of sp³-hybridized carbons (Fsp3) is 0.861. The monoisotopic (exact) mass is 700 g/mol. The molecule has 0 saturated heterocycles. The van der Waals surface area contributed by atoms with E-state index in [1.807, 2.05) is 0 Å². The zero-order valence-electron chi connectivity index (χ0n) is 31.5. The number of rotatable bonds is 17. The highest BCUT2D eigenvalue weighted by molar-refractivity contribution is 7.86. The van der Waals surface area contributed by atoms with Crippen LogP contribution < -0.4 is 0 Å². The van der Waals surface area contributed by atoms with Crippen LogP contribution in [0.1, 0.15) is 113 Å². The number of ether oxygens (including phenoxy) is 1. The minimum absolute atomic E-state index is 0.00748. The highest BCUT2D eigenvalue weighted by Gasteiger charge is 2.50. The molecule has 1 unspecified atom stereocenters. The Bertz CT molecular complexity index is 1140. The Morgan fingerprint density at radius 1 is 0.957 bits per heavy atom. The fourth-order valence-electron chi connectivity index (χ4n) is 6.36. The van der Waals surface area contributed by atoms with Gasteiger partial charge >= 0.3 is 5.97 Å². The van der Waals surface area contributed by atoms with Crippen LogP contribution in [0.5, 0.6) is 0 Å².